The Labute approximate surface area is 115 Å². The number of rotatable bonds is 2. The third-order valence-electron chi connectivity index (χ3n) is 2.93. The fourth-order valence-corrected chi connectivity index (χ4v) is 1.97. The Morgan fingerprint density at radius 2 is 2.00 bits per heavy atom. The number of aromatic nitrogens is 4. The average Bonchev–Trinajstić information content (AvgIpc) is 2.80. The Bertz CT molecular complexity index is 845. The number of fused-ring (bicyclic) bond motifs is 1. The summed E-state index contributed by atoms with van der Waals surface area (Å²) in [5.41, 5.74) is 1.15. The first kappa shape index (κ1) is 12.3. The molecular formula is C14H13N5O. The van der Waals surface area contributed by atoms with Crippen LogP contribution in [-0.2, 0) is 7.05 Å². The van der Waals surface area contributed by atoms with E-state index in [1.165, 1.54) is 4.68 Å². The van der Waals surface area contributed by atoms with Gasteiger partial charge in [-0.15, -0.1) is 0 Å². The molecular weight excluding hydrogens is 254 g/mol. The van der Waals surface area contributed by atoms with Gasteiger partial charge < -0.3 is 0 Å². The lowest BCUT2D eigenvalue weighted by atomic mass is 10.2. The lowest BCUT2D eigenvalue weighted by Gasteiger charge is -2.01. The summed E-state index contributed by atoms with van der Waals surface area (Å²) in [4.78, 5) is 16.6. The maximum atomic E-state index is 12.3. The molecule has 0 saturated carbocycles. The molecule has 0 atom stereocenters. The molecule has 6 nitrogen and oxygen atoms in total. The number of aryl methyl sites for hydroxylation is 2. The van der Waals surface area contributed by atoms with Crippen LogP contribution >= 0.6 is 0 Å². The summed E-state index contributed by atoms with van der Waals surface area (Å²) in [7, 11) is 1.76. The van der Waals surface area contributed by atoms with Crippen molar-refractivity contribution in [2.75, 3.05) is 0 Å². The summed E-state index contributed by atoms with van der Waals surface area (Å²) >= 11 is 0. The maximum absolute atomic E-state index is 12.3. The van der Waals surface area contributed by atoms with Crippen molar-refractivity contribution < 1.29 is 0 Å². The van der Waals surface area contributed by atoms with Crippen LogP contribution in [0.1, 0.15) is 11.4 Å². The van der Waals surface area contributed by atoms with Crippen LogP contribution in [0, 0.1) is 6.92 Å². The van der Waals surface area contributed by atoms with Gasteiger partial charge in [0, 0.05) is 13.2 Å². The largest absolute Gasteiger partial charge is 0.285 e. The Kier molecular flexibility index (Phi) is 2.90. The van der Waals surface area contributed by atoms with Gasteiger partial charge in [-0.05, 0) is 12.5 Å². The summed E-state index contributed by atoms with van der Waals surface area (Å²) in [5, 5.41) is 8.81. The molecule has 1 aromatic carbocycles. The summed E-state index contributed by atoms with van der Waals surface area (Å²) < 4.78 is 2.86. The fourth-order valence-electron chi connectivity index (χ4n) is 1.97. The van der Waals surface area contributed by atoms with E-state index in [0.717, 1.165) is 5.56 Å². The Morgan fingerprint density at radius 1 is 1.25 bits per heavy atom. The minimum absolute atomic E-state index is 0.215. The summed E-state index contributed by atoms with van der Waals surface area (Å²) in [5.74, 6) is 0.508. The first-order chi connectivity index (χ1) is 9.65. The normalized spacial score (nSPS) is 11.5. The lowest BCUT2D eigenvalue weighted by molar-refractivity contribution is 0.760. The van der Waals surface area contributed by atoms with E-state index < -0.39 is 0 Å². The summed E-state index contributed by atoms with van der Waals surface area (Å²) in [6.45, 7) is 1.73. The minimum Gasteiger partial charge on any atom is -0.273 e. The maximum Gasteiger partial charge on any atom is 0.285 e. The molecule has 0 saturated heterocycles. The molecule has 0 bridgehead atoms. The van der Waals surface area contributed by atoms with Crippen LogP contribution < -0.4 is 5.56 Å². The van der Waals surface area contributed by atoms with Crippen LogP contribution in [0.25, 0.3) is 11.0 Å². The highest BCUT2D eigenvalue weighted by atomic mass is 16.1. The third-order valence-corrected chi connectivity index (χ3v) is 2.93. The van der Waals surface area contributed by atoms with Crippen LogP contribution in [-0.4, -0.2) is 25.7 Å². The molecule has 6 heteroatoms. The summed E-state index contributed by atoms with van der Waals surface area (Å²) in [6.07, 6.45) is 3.29. The van der Waals surface area contributed by atoms with E-state index in [2.05, 4.69) is 15.2 Å². The van der Waals surface area contributed by atoms with Gasteiger partial charge in [-0.3, -0.25) is 9.48 Å². The van der Waals surface area contributed by atoms with Crippen molar-refractivity contribution in [1.82, 2.24) is 19.4 Å². The SMILES string of the molecule is Cc1nc2nn(C)cc2c(=O)n1/N=C\c1ccccc1. The van der Waals surface area contributed by atoms with Crippen LogP contribution in [0.3, 0.4) is 0 Å². The number of benzene rings is 1. The minimum atomic E-state index is -0.215. The van der Waals surface area contributed by atoms with E-state index in [9.17, 15) is 4.79 Å². The second kappa shape index (κ2) is 4.73. The van der Waals surface area contributed by atoms with E-state index in [-0.39, 0.29) is 5.56 Å². The van der Waals surface area contributed by atoms with Gasteiger partial charge in [0.15, 0.2) is 5.65 Å². The van der Waals surface area contributed by atoms with Crippen molar-refractivity contribution in [2.45, 2.75) is 6.92 Å². The van der Waals surface area contributed by atoms with Gasteiger partial charge >= 0.3 is 0 Å². The topological polar surface area (TPSA) is 65.1 Å². The molecule has 0 radical (unpaired) electrons. The second-order valence-corrected chi connectivity index (χ2v) is 4.47. The van der Waals surface area contributed by atoms with E-state index in [0.29, 0.717) is 16.9 Å². The smallest absolute Gasteiger partial charge is 0.273 e. The molecule has 0 spiro atoms. The van der Waals surface area contributed by atoms with Crippen molar-refractivity contribution in [3.8, 4) is 0 Å². The first-order valence-corrected chi connectivity index (χ1v) is 6.17. The van der Waals surface area contributed by atoms with Crippen molar-refractivity contribution in [3.63, 3.8) is 0 Å². The number of nitrogens with zero attached hydrogens (tertiary/aromatic N) is 5. The van der Waals surface area contributed by atoms with E-state index in [1.54, 1.807) is 31.1 Å². The molecule has 0 aliphatic heterocycles. The third kappa shape index (κ3) is 2.11. The standard InChI is InChI=1S/C14H13N5O/c1-10-16-13-12(9-18(2)17-13)14(20)19(10)15-8-11-6-4-3-5-7-11/h3-9H,1-2H3/b15-8-. The lowest BCUT2D eigenvalue weighted by Crippen LogP contribution is -2.20. The highest BCUT2D eigenvalue weighted by Crippen LogP contribution is 2.05. The van der Waals surface area contributed by atoms with Gasteiger partial charge in [0.2, 0.25) is 0 Å². The fraction of sp³-hybridized carbons (Fsp3) is 0.143. The molecule has 0 unspecified atom stereocenters. The quantitative estimate of drug-likeness (QED) is 0.658. The Morgan fingerprint density at radius 3 is 2.75 bits per heavy atom. The molecule has 0 amide bonds. The molecule has 0 aliphatic rings. The van der Waals surface area contributed by atoms with Crippen LogP contribution in [0.2, 0.25) is 0 Å². The molecule has 2 heterocycles. The zero-order chi connectivity index (χ0) is 14.1. The highest BCUT2D eigenvalue weighted by molar-refractivity contribution is 5.79. The molecule has 100 valence electrons. The van der Waals surface area contributed by atoms with E-state index in [1.807, 2.05) is 30.3 Å². The molecule has 3 aromatic rings. The molecule has 2 aromatic heterocycles. The number of hydrogen-bond acceptors (Lipinski definition) is 4. The van der Waals surface area contributed by atoms with Gasteiger partial charge in [-0.2, -0.15) is 14.9 Å². The summed E-state index contributed by atoms with van der Waals surface area (Å²) in [6, 6.07) is 9.59. The van der Waals surface area contributed by atoms with E-state index >= 15 is 0 Å². The van der Waals surface area contributed by atoms with Gasteiger partial charge in [-0.1, -0.05) is 30.3 Å². The molecule has 0 N–H and O–H groups in total. The first-order valence-electron chi connectivity index (χ1n) is 6.17. The zero-order valence-electron chi connectivity index (χ0n) is 11.2. The van der Waals surface area contributed by atoms with Crippen LogP contribution in [0.15, 0.2) is 46.4 Å². The predicted molar refractivity (Wildman–Crippen MR) is 76.9 cm³/mol. The average molecular weight is 267 g/mol. The molecule has 20 heavy (non-hydrogen) atoms. The molecule has 0 aliphatic carbocycles. The predicted octanol–water partition coefficient (Wildman–Crippen LogP) is 1.32. The second-order valence-electron chi connectivity index (χ2n) is 4.47. The monoisotopic (exact) mass is 267 g/mol. The van der Waals surface area contributed by atoms with Crippen molar-refractivity contribution in [1.29, 1.82) is 0 Å². The van der Waals surface area contributed by atoms with Crippen molar-refractivity contribution in [2.24, 2.45) is 12.1 Å². The highest BCUT2D eigenvalue weighted by Gasteiger charge is 2.09. The van der Waals surface area contributed by atoms with Crippen molar-refractivity contribution >= 4 is 17.2 Å². The zero-order valence-corrected chi connectivity index (χ0v) is 11.2. The van der Waals surface area contributed by atoms with Gasteiger partial charge in [0.05, 0.1) is 6.21 Å². The van der Waals surface area contributed by atoms with Gasteiger partial charge in [0.25, 0.3) is 5.56 Å². The van der Waals surface area contributed by atoms with E-state index in [4.69, 9.17) is 0 Å². The van der Waals surface area contributed by atoms with Gasteiger partial charge in [0.1, 0.15) is 11.2 Å². The Hall–Kier alpha value is -2.76. The van der Waals surface area contributed by atoms with Gasteiger partial charge in [-0.25, -0.2) is 4.98 Å². The van der Waals surface area contributed by atoms with Crippen LogP contribution in [0.5, 0.6) is 0 Å². The Balaban J connectivity index is 2.12. The van der Waals surface area contributed by atoms with Crippen LogP contribution in [0.4, 0.5) is 0 Å². The van der Waals surface area contributed by atoms with Crippen molar-refractivity contribution in [3.05, 3.63) is 58.3 Å². The number of hydrogen-bond donors (Lipinski definition) is 0. The molecule has 0 fully saturated rings. The molecule has 3 rings (SSSR count).